The van der Waals surface area contributed by atoms with Gasteiger partial charge in [0.15, 0.2) is 0 Å². The molecule has 0 radical (unpaired) electrons. The normalized spacial score (nSPS) is 10.4. The topological polar surface area (TPSA) is 80.3 Å². The lowest BCUT2D eigenvalue weighted by Crippen LogP contribution is -2.34. The number of ether oxygens (including phenoxy) is 1. The molecule has 0 spiro atoms. The minimum Gasteiger partial charge on any atom is -0.496 e. The number of rotatable bonds is 7. The molecule has 8 heteroatoms. The monoisotopic (exact) mass is 427 g/mol. The molecule has 0 aliphatic carbocycles. The highest BCUT2D eigenvalue weighted by Crippen LogP contribution is 2.31. The molecule has 1 aromatic heterocycles. The fourth-order valence-corrected chi connectivity index (χ4v) is 2.91. The molecule has 2 amide bonds. The molecule has 0 bridgehead atoms. The van der Waals surface area contributed by atoms with Gasteiger partial charge in [0, 0.05) is 30.4 Å². The molecule has 0 fully saturated rings. The molecule has 0 aliphatic rings. The maximum Gasteiger partial charge on any atom is 0.252 e. The first-order chi connectivity index (χ1) is 14.5. The number of carbonyl (C=O) groups excluding carboxylic acids is 2. The highest BCUT2D eigenvalue weighted by atomic mass is 35.5. The van der Waals surface area contributed by atoms with Gasteiger partial charge in [-0.25, -0.2) is 9.37 Å². The lowest BCUT2D eigenvalue weighted by atomic mass is 10.0. The molecule has 30 heavy (non-hydrogen) atoms. The maximum atomic E-state index is 13.7. The summed E-state index contributed by atoms with van der Waals surface area (Å²) < 4.78 is 18.9. The summed E-state index contributed by atoms with van der Waals surface area (Å²) in [5.41, 5.74) is 1.99. The number of methoxy groups -OCH3 is 1. The number of amides is 2. The summed E-state index contributed by atoms with van der Waals surface area (Å²) in [6, 6.07) is 14.1. The van der Waals surface area contributed by atoms with Crippen LogP contribution in [0.5, 0.6) is 5.75 Å². The second-order valence-electron chi connectivity index (χ2n) is 6.31. The Balaban J connectivity index is 1.59. The summed E-state index contributed by atoms with van der Waals surface area (Å²) in [7, 11) is 1.50. The van der Waals surface area contributed by atoms with Crippen LogP contribution in [-0.2, 0) is 0 Å². The number of halogens is 2. The van der Waals surface area contributed by atoms with Gasteiger partial charge in [0.05, 0.1) is 12.7 Å². The molecule has 3 rings (SSSR count). The van der Waals surface area contributed by atoms with Crippen molar-refractivity contribution in [1.29, 1.82) is 0 Å². The summed E-state index contributed by atoms with van der Waals surface area (Å²) in [5, 5.41) is 5.73. The quantitative estimate of drug-likeness (QED) is 0.445. The van der Waals surface area contributed by atoms with Crippen LogP contribution < -0.4 is 15.4 Å². The summed E-state index contributed by atoms with van der Waals surface area (Å²) in [6.45, 7) is 0.476. The molecule has 154 valence electrons. The Hall–Kier alpha value is -3.45. The highest BCUT2D eigenvalue weighted by molar-refractivity contribution is 6.29. The van der Waals surface area contributed by atoms with Crippen LogP contribution in [0.1, 0.15) is 20.7 Å². The van der Waals surface area contributed by atoms with E-state index in [2.05, 4.69) is 15.6 Å². The number of pyridine rings is 1. The Bertz CT molecular complexity index is 1060. The van der Waals surface area contributed by atoms with Gasteiger partial charge in [0.1, 0.15) is 16.7 Å². The van der Waals surface area contributed by atoms with Crippen LogP contribution in [0.15, 0.2) is 60.8 Å². The van der Waals surface area contributed by atoms with Crippen LogP contribution in [-0.4, -0.2) is 37.0 Å². The van der Waals surface area contributed by atoms with E-state index in [-0.39, 0.29) is 24.9 Å². The van der Waals surface area contributed by atoms with Crippen molar-refractivity contribution in [3.8, 4) is 16.9 Å². The standard InChI is InChI=1S/C22H19ClFN3O3/c1-30-19-7-6-17(24)12-18(19)14-3-2-4-15(11-14)21(28)25-9-10-26-22(29)16-5-8-20(23)27-13-16/h2-8,11-13H,9-10H2,1H3,(H,25,28)(H,26,29). The van der Waals surface area contributed by atoms with E-state index in [4.69, 9.17) is 16.3 Å². The van der Waals surface area contributed by atoms with Crippen molar-refractivity contribution in [1.82, 2.24) is 15.6 Å². The van der Waals surface area contributed by atoms with Gasteiger partial charge in [-0.2, -0.15) is 0 Å². The summed E-state index contributed by atoms with van der Waals surface area (Å²) in [4.78, 5) is 28.3. The third-order valence-electron chi connectivity index (χ3n) is 4.28. The smallest absolute Gasteiger partial charge is 0.252 e. The van der Waals surface area contributed by atoms with Crippen LogP contribution in [0, 0.1) is 5.82 Å². The van der Waals surface area contributed by atoms with Crippen molar-refractivity contribution in [2.75, 3.05) is 20.2 Å². The first-order valence-electron chi connectivity index (χ1n) is 9.10. The molecule has 6 nitrogen and oxygen atoms in total. The second kappa shape index (κ2) is 9.84. The van der Waals surface area contributed by atoms with E-state index in [0.29, 0.717) is 33.2 Å². The lowest BCUT2D eigenvalue weighted by Gasteiger charge is -2.11. The lowest BCUT2D eigenvalue weighted by molar-refractivity contribution is 0.0927. The Labute approximate surface area is 178 Å². The van der Waals surface area contributed by atoms with Crippen molar-refractivity contribution < 1.29 is 18.7 Å². The highest BCUT2D eigenvalue weighted by Gasteiger charge is 2.11. The Morgan fingerprint density at radius 3 is 2.40 bits per heavy atom. The zero-order valence-electron chi connectivity index (χ0n) is 16.1. The number of hydrogen-bond acceptors (Lipinski definition) is 4. The molecular weight excluding hydrogens is 409 g/mol. The van der Waals surface area contributed by atoms with E-state index in [9.17, 15) is 14.0 Å². The average Bonchev–Trinajstić information content (AvgIpc) is 2.77. The second-order valence-corrected chi connectivity index (χ2v) is 6.69. The molecule has 0 atom stereocenters. The minimum atomic E-state index is -0.396. The average molecular weight is 428 g/mol. The first-order valence-corrected chi connectivity index (χ1v) is 9.47. The number of nitrogens with zero attached hydrogens (tertiary/aromatic N) is 1. The largest absolute Gasteiger partial charge is 0.496 e. The van der Waals surface area contributed by atoms with Crippen LogP contribution in [0.4, 0.5) is 4.39 Å². The van der Waals surface area contributed by atoms with Crippen LogP contribution in [0.25, 0.3) is 11.1 Å². The number of carbonyl (C=O) groups is 2. The van der Waals surface area contributed by atoms with Crippen molar-refractivity contribution in [3.05, 3.63) is 82.9 Å². The minimum absolute atomic E-state index is 0.235. The number of hydrogen-bond donors (Lipinski definition) is 2. The molecular formula is C22H19ClFN3O3. The van der Waals surface area contributed by atoms with Gasteiger partial charge in [0.25, 0.3) is 11.8 Å². The SMILES string of the molecule is COc1ccc(F)cc1-c1cccc(C(=O)NCCNC(=O)c2ccc(Cl)nc2)c1. The molecule has 0 saturated heterocycles. The van der Waals surface area contributed by atoms with Gasteiger partial charge in [-0.05, 0) is 48.0 Å². The van der Waals surface area contributed by atoms with Gasteiger partial charge in [-0.3, -0.25) is 9.59 Å². The van der Waals surface area contributed by atoms with Crippen molar-refractivity contribution >= 4 is 23.4 Å². The van der Waals surface area contributed by atoms with Gasteiger partial charge in [0.2, 0.25) is 0 Å². The van der Waals surface area contributed by atoms with E-state index in [1.807, 2.05) is 0 Å². The molecule has 2 aromatic carbocycles. The zero-order valence-corrected chi connectivity index (χ0v) is 16.9. The Morgan fingerprint density at radius 1 is 1.00 bits per heavy atom. The van der Waals surface area contributed by atoms with Gasteiger partial charge >= 0.3 is 0 Å². The first kappa shape index (κ1) is 21.3. The molecule has 2 N–H and O–H groups in total. The van der Waals surface area contributed by atoms with Crippen molar-refractivity contribution in [3.63, 3.8) is 0 Å². The molecule has 0 saturated carbocycles. The van der Waals surface area contributed by atoms with Crippen LogP contribution >= 0.6 is 11.6 Å². The predicted molar refractivity (Wildman–Crippen MR) is 112 cm³/mol. The van der Waals surface area contributed by atoms with Crippen molar-refractivity contribution in [2.24, 2.45) is 0 Å². The van der Waals surface area contributed by atoms with Gasteiger partial charge in [-0.15, -0.1) is 0 Å². The number of benzene rings is 2. The van der Waals surface area contributed by atoms with Crippen LogP contribution in [0.2, 0.25) is 5.15 Å². The number of nitrogens with one attached hydrogen (secondary N) is 2. The summed E-state index contributed by atoms with van der Waals surface area (Å²) in [5.74, 6) is -0.510. The fourth-order valence-electron chi connectivity index (χ4n) is 2.80. The maximum absolute atomic E-state index is 13.7. The molecule has 0 unspecified atom stereocenters. The van der Waals surface area contributed by atoms with E-state index < -0.39 is 5.82 Å². The van der Waals surface area contributed by atoms with E-state index in [1.165, 1.54) is 37.6 Å². The van der Waals surface area contributed by atoms with Gasteiger partial charge < -0.3 is 15.4 Å². The number of aromatic nitrogens is 1. The molecule has 3 aromatic rings. The van der Waals surface area contributed by atoms with Crippen molar-refractivity contribution in [2.45, 2.75) is 0 Å². The van der Waals surface area contributed by atoms with Gasteiger partial charge in [-0.1, -0.05) is 23.7 Å². The van der Waals surface area contributed by atoms with Crippen LogP contribution in [0.3, 0.4) is 0 Å². The summed E-state index contributed by atoms with van der Waals surface area (Å²) in [6.07, 6.45) is 1.38. The zero-order chi connectivity index (χ0) is 21.5. The van der Waals surface area contributed by atoms with E-state index in [0.717, 1.165) is 0 Å². The third-order valence-corrected chi connectivity index (χ3v) is 4.51. The molecule has 1 heterocycles. The van der Waals surface area contributed by atoms with E-state index >= 15 is 0 Å². The van der Waals surface area contributed by atoms with E-state index in [1.54, 1.807) is 30.3 Å². The third kappa shape index (κ3) is 5.33. The fraction of sp³-hybridized carbons (Fsp3) is 0.136. The Kier molecular flexibility index (Phi) is 6.98. The Morgan fingerprint density at radius 2 is 1.73 bits per heavy atom. The summed E-state index contributed by atoms with van der Waals surface area (Å²) >= 11 is 5.70. The molecule has 0 aliphatic heterocycles. The predicted octanol–water partition coefficient (Wildman–Crippen LogP) is 3.71.